The minimum atomic E-state index is -4.53. The lowest BCUT2D eigenvalue weighted by molar-refractivity contribution is -0.137. The molecule has 0 spiro atoms. The number of nitrogens with one attached hydrogen (secondary N) is 1. The van der Waals surface area contributed by atoms with Gasteiger partial charge in [0.1, 0.15) is 12.2 Å². The molecule has 1 aromatic carbocycles. The number of aromatic nitrogens is 3. The third kappa shape index (κ3) is 5.12. The van der Waals surface area contributed by atoms with Crippen LogP contribution in [0.5, 0.6) is 0 Å². The molecule has 1 amide bonds. The first-order valence-corrected chi connectivity index (χ1v) is 8.95. The molecule has 0 saturated carbocycles. The Morgan fingerprint density at radius 3 is 2.48 bits per heavy atom. The van der Waals surface area contributed by atoms with Gasteiger partial charge >= 0.3 is 6.18 Å². The lowest BCUT2D eigenvalue weighted by Crippen LogP contribution is -2.38. The summed E-state index contributed by atoms with van der Waals surface area (Å²) in [5, 5.41) is 15.7. The fourth-order valence-corrected chi connectivity index (χ4v) is 2.64. The van der Waals surface area contributed by atoms with E-state index in [1.807, 2.05) is 0 Å². The van der Waals surface area contributed by atoms with E-state index in [1.165, 1.54) is 24.5 Å². The van der Waals surface area contributed by atoms with Crippen LogP contribution in [0.25, 0.3) is 16.9 Å². The summed E-state index contributed by atoms with van der Waals surface area (Å²) < 4.78 is 51.9. The molecule has 2 N–H and O–H groups in total. The molecule has 0 radical (unpaired) electrons. The van der Waals surface area contributed by atoms with Gasteiger partial charge in [-0.1, -0.05) is 12.1 Å². The Labute approximate surface area is 173 Å². The highest BCUT2D eigenvalue weighted by Gasteiger charge is 2.30. The van der Waals surface area contributed by atoms with Gasteiger partial charge in [-0.15, -0.1) is 0 Å². The molecule has 0 saturated heterocycles. The second-order valence-corrected chi connectivity index (χ2v) is 6.46. The fraction of sp³-hybridized carbons (Fsp3) is 0.200. The maximum atomic E-state index is 12.8. The smallest absolute Gasteiger partial charge is 0.389 e. The highest BCUT2D eigenvalue weighted by atomic mass is 19.4. The molecule has 3 aromatic rings. The van der Waals surface area contributed by atoms with Gasteiger partial charge in [0.2, 0.25) is 0 Å². The van der Waals surface area contributed by atoms with Gasteiger partial charge in [0.05, 0.1) is 29.2 Å². The number of hydrogen-bond donors (Lipinski definition) is 2. The first-order valence-electron chi connectivity index (χ1n) is 8.95. The minimum Gasteiger partial charge on any atom is -0.389 e. The van der Waals surface area contributed by atoms with Crippen LogP contribution >= 0.6 is 0 Å². The summed E-state index contributed by atoms with van der Waals surface area (Å²) in [5.41, 5.74) is -1.58. The molecule has 31 heavy (non-hydrogen) atoms. The van der Waals surface area contributed by atoms with Crippen LogP contribution in [-0.2, 0) is 6.18 Å². The van der Waals surface area contributed by atoms with Crippen LogP contribution in [0.4, 0.5) is 17.6 Å². The number of nitrogens with zero attached hydrogens (tertiary/aromatic N) is 3. The summed E-state index contributed by atoms with van der Waals surface area (Å²) in [7, 11) is 0. The van der Waals surface area contributed by atoms with Gasteiger partial charge in [-0.3, -0.25) is 14.6 Å². The van der Waals surface area contributed by atoms with E-state index < -0.39 is 42.5 Å². The van der Waals surface area contributed by atoms with Crippen molar-refractivity contribution in [2.24, 2.45) is 0 Å². The van der Waals surface area contributed by atoms with Gasteiger partial charge in [0, 0.05) is 18.3 Å². The first kappa shape index (κ1) is 22.1. The highest BCUT2D eigenvalue weighted by Crippen LogP contribution is 2.30. The van der Waals surface area contributed by atoms with Crippen molar-refractivity contribution in [3.8, 4) is 16.9 Å². The molecular formula is C20H16F4N4O3. The SMILES string of the molecule is O=C(NC[C@H](O)CF)c1cc(-c2ccc(C(F)(F)F)cc2)nn(-c2cccnc2)c1=O. The van der Waals surface area contributed by atoms with Crippen LogP contribution in [0.1, 0.15) is 15.9 Å². The van der Waals surface area contributed by atoms with E-state index in [0.717, 1.165) is 35.0 Å². The summed E-state index contributed by atoms with van der Waals surface area (Å²) in [6.07, 6.45) is -3.19. The van der Waals surface area contributed by atoms with E-state index in [-0.39, 0.29) is 22.5 Å². The molecule has 7 nitrogen and oxygen atoms in total. The van der Waals surface area contributed by atoms with Gasteiger partial charge in [-0.25, -0.2) is 4.39 Å². The van der Waals surface area contributed by atoms with E-state index in [4.69, 9.17) is 0 Å². The number of carbonyl (C=O) groups is 1. The number of halogens is 4. The van der Waals surface area contributed by atoms with Crippen LogP contribution < -0.4 is 10.9 Å². The number of amides is 1. The predicted molar refractivity (Wildman–Crippen MR) is 102 cm³/mol. The Kier molecular flexibility index (Phi) is 6.44. The third-order valence-electron chi connectivity index (χ3n) is 4.23. The highest BCUT2D eigenvalue weighted by molar-refractivity contribution is 5.94. The number of benzene rings is 1. The minimum absolute atomic E-state index is 0.0494. The Balaban J connectivity index is 2.09. The van der Waals surface area contributed by atoms with Crippen molar-refractivity contribution in [1.29, 1.82) is 0 Å². The standard InChI is InChI=1S/C20H16F4N4O3/c21-9-15(29)11-26-18(30)16-8-17(12-3-5-13(6-4-12)20(22,23)24)27-28(19(16)31)14-2-1-7-25-10-14/h1-8,10,15,29H,9,11H2,(H,26,30)/t15-/m1/s1. The predicted octanol–water partition coefficient (Wildman–Crippen LogP) is 2.37. The number of rotatable bonds is 6. The van der Waals surface area contributed by atoms with Crippen molar-refractivity contribution in [3.05, 3.63) is 76.3 Å². The van der Waals surface area contributed by atoms with Crippen molar-refractivity contribution in [2.75, 3.05) is 13.2 Å². The van der Waals surface area contributed by atoms with E-state index in [1.54, 1.807) is 0 Å². The van der Waals surface area contributed by atoms with Crippen molar-refractivity contribution < 1.29 is 27.5 Å². The van der Waals surface area contributed by atoms with Crippen LogP contribution in [0.3, 0.4) is 0 Å². The van der Waals surface area contributed by atoms with Gasteiger partial charge in [-0.2, -0.15) is 23.0 Å². The van der Waals surface area contributed by atoms with Crippen LogP contribution in [0.2, 0.25) is 0 Å². The van der Waals surface area contributed by atoms with Crippen molar-refractivity contribution in [1.82, 2.24) is 20.1 Å². The van der Waals surface area contributed by atoms with E-state index in [9.17, 15) is 32.3 Å². The fourth-order valence-electron chi connectivity index (χ4n) is 2.64. The van der Waals surface area contributed by atoms with Gasteiger partial charge in [-0.05, 0) is 30.3 Å². The molecule has 1 atom stereocenters. The number of alkyl halides is 4. The maximum Gasteiger partial charge on any atom is 0.416 e. The summed E-state index contributed by atoms with van der Waals surface area (Å²) in [6, 6.07) is 8.20. The van der Waals surface area contributed by atoms with Crippen molar-refractivity contribution in [3.63, 3.8) is 0 Å². The largest absolute Gasteiger partial charge is 0.416 e. The molecule has 3 rings (SSSR count). The summed E-state index contributed by atoms with van der Waals surface area (Å²) in [4.78, 5) is 29.2. The van der Waals surface area contributed by atoms with Crippen LogP contribution in [0, 0.1) is 0 Å². The van der Waals surface area contributed by atoms with E-state index in [2.05, 4.69) is 15.4 Å². The van der Waals surface area contributed by atoms with Crippen molar-refractivity contribution in [2.45, 2.75) is 12.3 Å². The molecule has 162 valence electrons. The number of carbonyl (C=O) groups excluding carboxylic acids is 1. The Hall–Kier alpha value is -3.60. The number of pyridine rings is 1. The molecule has 0 unspecified atom stereocenters. The lowest BCUT2D eigenvalue weighted by atomic mass is 10.1. The second-order valence-electron chi connectivity index (χ2n) is 6.46. The number of aliphatic hydroxyl groups is 1. The summed E-state index contributed by atoms with van der Waals surface area (Å²) in [5.74, 6) is -0.897. The molecule has 2 aromatic heterocycles. The number of aliphatic hydroxyl groups excluding tert-OH is 1. The number of hydrogen-bond acceptors (Lipinski definition) is 5. The molecule has 0 aliphatic rings. The van der Waals surface area contributed by atoms with Gasteiger partial charge in [0.25, 0.3) is 11.5 Å². The Morgan fingerprint density at radius 1 is 1.19 bits per heavy atom. The van der Waals surface area contributed by atoms with Gasteiger partial charge in [0.15, 0.2) is 0 Å². The third-order valence-corrected chi connectivity index (χ3v) is 4.23. The first-order chi connectivity index (χ1) is 14.7. The molecule has 0 fully saturated rings. The topological polar surface area (TPSA) is 97.1 Å². The van der Waals surface area contributed by atoms with Gasteiger partial charge < -0.3 is 10.4 Å². The molecular weight excluding hydrogens is 420 g/mol. The lowest BCUT2D eigenvalue weighted by Gasteiger charge is -2.12. The molecule has 0 aliphatic heterocycles. The summed E-state index contributed by atoms with van der Waals surface area (Å²) >= 11 is 0. The monoisotopic (exact) mass is 436 g/mol. The van der Waals surface area contributed by atoms with E-state index >= 15 is 0 Å². The quantitative estimate of drug-likeness (QED) is 0.579. The zero-order valence-corrected chi connectivity index (χ0v) is 15.8. The van der Waals surface area contributed by atoms with Crippen molar-refractivity contribution >= 4 is 5.91 Å². The normalized spacial score (nSPS) is 12.4. The molecule has 0 bridgehead atoms. The molecule has 2 heterocycles. The average Bonchev–Trinajstić information content (AvgIpc) is 2.77. The maximum absolute atomic E-state index is 12.8. The molecule has 11 heteroatoms. The van der Waals surface area contributed by atoms with E-state index in [0.29, 0.717) is 0 Å². The molecule has 0 aliphatic carbocycles. The summed E-state index contributed by atoms with van der Waals surface area (Å²) in [6.45, 7) is -1.52. The second kappa shape index (κ2) is 9.04. The van der Waals surface area contributed by atoms with Crippen LogP contribution in [-0.4, -0.2) is 45.1 Å². The Bertz CT molecular complexity index is 1120. The Morgan fingerprint density at radius 2 is 1.90 bits per heavy atom. The zero-order chi connectivity index (χ0) is 22.6. The van der Waals surface area contributed by atoms with Crippen LogP contribution in [0.15, 0.2) is 59.7 Å². The zero-order valence-electron chi connectivity index (χ0n) is 15.8. The average molecular weight is 436 g/mol.